The predicted molar refractivity (Wildman–Crippen MR) is 80.8 cm³/mol. The molecular formula is C16H33NO. The van der Waals surface area contributed by atoms with Crippen molar-refractivity contribution in [2.24, 2.45) is 5.41 Å². The SMILES string of the molecule is C=C(CCC(C)(C)OCCC(C)(C)C)NCCC. The summed E-state index contributed by atoms with van der Waals surface area (Å²) in [5.41, 5.74) is 1.43. The van der Waals surface area contributed by atoms with E-state index in [-0.39, 0.29) is 5.60 Å². The first kappa shape index (κ1) is 17.5. The van der Waals surface area contributed by atoms with E-state index in [1.54, 1.807) is 0 Å². The third-order valence-electron chi connectivity index (χ3n) is 3.00. The molecule has 0 spiro atoms. The first-order valence-electron chi connectivity index (χ1n) is 7.22. The van der Waals surface area contributed by atoms with Crippen LogP contribution in [0.5, 0.6) is 0 Å². The Morgan fingerprint density at radius 3 is 2.22 bits per heavy atom. The van der Waals surface area contributed by atoms with Gasteiger partial charge in [0.2, 0.25) is 0 Å². The minimum Gasteiger partial charge on any atom is -0.389 e. The lowest BCUT2D eigenvalue weighted by Gasteiger charge is -2.28. The average Bonchev–Trinajstić information content (AvgIpc) is 2.21. The zero-order valence-corrected chi connectivity index (χ0v) is 13.4. The smallest absolute Gasteiger partial charge is 0.0630 e. The Labute approximate surface area is 114 Å². The van der Waals surface area contributed by atoms with Gasteiger partial charge >= 0.3 is 0 Å². The molecule has 0 aliphatic carbocycles. The van der Waals surface area contributed by atoms with E-state index >= 15 is 0 Å². The Hall–Kier alpha value is -0.500. The Bertz CT molecular complexity index is 238. The van der Waals surface area contributed by atoms with Gasteiger partial charge in [0, 0.05) is 18.8 Å². The highest BCUT2D eigenvalue weighted by Crippen LogP contribution is 2.23. The highest BCUT2D eigenvalue weighted by atomic mass is 16.5. The van der Waals surface area contributed by atoms with Crippen LogP contribution in [-0.4, -0.2) is 18.8 Å². The van der Waals surface area contributed by atoms with Crippen molar-refractivity contribution in [2.45, 2.75) is 72.8 Å². The maximum Gasteiger partial charge on any atom is 0.0630 e. The summed E-state index contributed by atoms with van der Waals surface area (Å²) >= 11 is 0. The summed E-state index contributed by atoms with van der Waals surface area (Å²) in [6.07, 6.45) is 4.26. The molecule has 0 atom stereocenters. The van der Waals surface area contributed by atoms with Crippen LogP contribution < -0.4 is 5.32 Å². The summed E-state index contributed by atoms with van der Waals surface area (Å²) in [5.74, 6) is 0. The molecular weight excluding hydrogens is 222 g/mol. The van der Waals surface area contributed by atoms with Crippen LogP contribution in [0, 0.1) is 5.41 Å². The van der Waals surface area contributed by atoms with Crippen LogP contribution in [0.3, 0.4) is 0 Å². The minimum atomic E-state index is -0.0535. The lowest BCUT2D eigenvalue weighted by Crippen LogP contribution is -2.27. The molecule has 108 valence electrons. The van der Waals surface area contributed by atoms with Crippen LogP contribution in [0.15, 0.2) is 12.3 Å². The number of hydrogen-bond donors (Lipinski definition) is 1. The van der Waals surface area contributed by atoms with Crippen molar-refractivity contribution >= 4 is 0 Å². The number of nitrogens with one attached hydrogen (secondary N) is 1. The fourth-order valence-electron chi connectivity index (χ4n) is 1.55. The molecule has 0 aliphatic heterocycles. The van der Waals surface area contributed by atoms with E-state index in [9.17, 15) is 0 Å². The second kappa shape index (κ2) is 7.83. The quantitative estimate of drug-likeness (QED) is 0.654. The second-order valence-electron chi connectivity index (χ2n) is 6.95. The van der Waals surface area contributed by atoms with Crippen molar-refractivity contribution in [3.63, 3.8) is 0 Å². The van der Waals surface area contributed by atoms with Gasteiger partial charge in [0.15, 0.2) is 0 Å². The van der Waals surface area contributed by atoms with E-state index in [4.69, 9.17) is 4.74 Å². The summed E-state index contributed by atoms with van der Waals surface area (Å²) in [5, 5.41) is 3.34. The van der Waals surface area contributed by atoms with Gasteiger partial charge in [-0.2, -0.15) is 0 Å². The summed E-state index contributed by atoms with van der Waals surface area (Å²) in [6, 6.07) is 0. The molecule has 0 heterocycles. The predicted octanol–water partition coefficient (Wildman–Crippen LogP) is 4.51. The topological polar surface area (TPSA) is 21.3 Å². The van der Waals surface area contributed by atoms with E-state index in [0.717, 1.165) is 44.5 Å². The molecule has 18 heavy (non-hydrogen) atoms. The van der Waals surface area contributed by atoms with Crippen LogP contribution in [0.4, 0.5) is 0 Å². The first-order valence-corrected chi connectivity index (χ1v) is 7.22. The highest BCUT2D eigenvalue weighted by molar-refractivity contribution is 4.92. The molecule has 0 aliphatic rings. The van der Waals surface area contributed by atoms with Gasteiger partial charge in [-0.25, -0.2) is 0 Å². The van der Waals surface area contributed by atoms with Gasteiger partial charge in [0.05, 0.1) is 5.60 Å². The lowest BCUT2D eigenvalue weighted by molar-refractivity contribution is -0.0329. The summed E-state index contributed by atoms with van der Waals surface area (Å²) in [4.78, 5) is 0. The zero-order chi connectivity index (χ0) is 14.2. The monoisotopic (exact) mass is 255 g/mol. The van der Waals surface area contributed by atoms with Gasteiger partial charge < -0.3 is 10.1 Å². The van der Waals surface area contributed by atoms with Gasteiger partial charge in [-0.3, -0.25) is 0 Å². The number of hydrogen-bond acceptors (Lipinski definition) is 2. The summed E-state index contributed by atoms with van der Waals surface area (Å²) < 4.78 is 5.99. The maximum absolute atomic E-state index is 5.99. The van der Waals surface area contributed by atoms with Crippen LogP contribution in [0.25, 0.3) is 0 Å². The zero-order valence-electron chi connectivity index (χ0n) is 13.4. The number of rotatable bonds is 9. The van der Waals surface area contributed by atoms with Gasteiger partial charge in [-0.05, 0) is 44.9 Å². The molecule has 0 bridgehead atoms. The van der Waals surface area contributed by atoms with Crippen LogP contribution in [0.1, 0.15) is 67.2 Å². The Morgan fingerprint density at radius 1 is 1.11 bits per heavy atom. The third kappa shape index (κ3) is 10.6. The molecule has 0 aromatic heterocycles. The van der Waals surface area contributed by atoms with Crippen molar-refractivity contribution in [2.75, 3.05) is 13.2 Å². The fraction of sp³-hybridized carbons (Fsp3) is 0.875. The molecule has 0 unspecified atom stereocenters. The molecule has 0 saturated heterocycles. The number of ether oxygens (including phenoxy) is 1. The van der Waals surface area contributed by atoms with E-state index in [1.165, 1.54) is 0 Å². The van der Waals surface area contributed by atoms with Crippen molar-refractivity contribution in [3.8, 4) is 0 Å². The van der Waals surface area contributed by atoms with E-state index < -0.39 is 0 Å². The van der Waals surface area contributed by atoms with Crippen molar-refractivity contribution in [1.29, 1.82) is 0 Å². The van der Waals surface area contributed by atoms with Gasteiger partial charge in [-0.15, -0.1) is 0 Å². The van der Waals surface area contributed by atoms with Gasteiger partial charge in [0.25, 0.3) is 0 Å². The molecule has 0 saturated carbocycles. The van der Waals surface area contributed by atoms with E-state index in [2.05, 4.69) is 53.4 Å². The molecule has 2 heteroatoms. The molecule has 0 fully saturated rings. The fourth-order valence-corrected chi connectivity index (χ4v) is 1.55. The summed E-state index contributed by atoms with van der Waals surface area (Å²) in [7, 11) is 0. The van der Waals surface area contributed by atoms with E-state index in [0.29, 0.717) is 5.41 Å². The molecule has 2 nitrogen and oxygen atoms in total. The van der Waals surface area contributed by atoms with Crippen LogP contribution in [0.2, 0.25) is 0 Å². The number of allylic oxidation sites excluding steroid dienone is 1. The Kier molecular flexibility index (Phi) is 7.61. The van der Waals surface area contributed by atoms with Crippen molar-refractivity contribution < 1.29 is 4.74 Å². The minimum absolute atomic E-state index is 0.0535. The molecule has 0 rings (SSSR count). The third-order valence-corrected chi connectivity index (χ3v) is 3.00. The van der Waals surface area contributed by atoms with Crippen LogP contribution in [-0.2, 0) is 4.74 Å². The molecule has 0 amide bonds. The highest BCUT2D eigenvalue weighted by Gasteiger charge is 2.20. The van der Waals surface area contributed by atoms with E-state index in [1.807, 2.05) is 0 Å². The van der Waals surface area contributed by atoms with Crippen molar-refractivity contribution in [3.05, 3.63) is 12.3 Å². The largest absolute Gasteiger partial charge is 0.389 e. The van der Waals surface area contributed by atoms with Crippen LogP contribution >= 0.6 is 0 Å². The average molecular weight is 255 g/mol. The Balaban J connectivity index is 3.82. The normalized spacial score (nSPS) is 12.6. The first-order chi connectivity index (χ1) is 8.16. The molecule has 0 radical (unpaired) electrons. The standard InChI is InChI=1S/C16H33NO/c1-8-12-17-14(2)9-10-16(6,7)18-13-11-15(3,4)5/h17H,2,8-13H2,1,3-7H3. The molecule has 0 aromatic rings. The molecule has 0 aromatic carbocycles. The van der Waals surface area contributed by atoms with Crippen molar-refractivity contribution in [1.82, 2.24) is 5.32 Å². The van der Waals surface area contributed by atoms with Gasteiger partial charge in [0.1, 0.15) is 0 Å². The second-order valence-corrected chi connectivity index (χ2v) is 6.95. The lowest BCUT2D eigenvalue weighted by atomic mass is 9.92. The maximum atomic E-state index is 5.99. The Morgan fingerprint density at radius 2 is 1.72 bits per heavy atom. The molecule has 1 N–H and O–H groups in total. The summed E-state index contributed by atoms with van der Waals surface area (Å²) in [6.45, 7) is 19.2. The van der Waals surface area contributed by atoms with Gasteiger partial charge in [-0.1, -0.05) is 34.3 Å².